The smallest absolute Gasteiger partial charge is 0.220 e. The van der Waals surface area contributed by atoms with Crippen LogP contribution in [0.2, 0.25) is 0 Å². The van der Waals surface area contributed by atoms with Gasteiger partial charge in [-0.05, 0) is 50.8 Å². The maximum atomic E-state index is 11.7. The number of thioether (sulfide) groups is 1. The second kappa shape index (κ2) is 7.98. The van der Waals surface area contributed by atoms with Gasteiger partial charge in [-0.15, -0.1) is 0 Å². The molecule has 0 radical (unpaired) electrons. The predicted molar refractivity (Wildman–Crippen MR) is 75.2 cm³/mol. The van der Waals surface area contributed by atoms with Crippen molar-refractivity contribution >= 4 is 17.7 Å². The van der Waals surface area contributed by atoms with Gasteiger partial charge in [0.15, 0.2) is 0 Å². The van der Waals surface area contributed by atoms with Crippen molar-refractivity contribution < 1.29 is 4.79 Å². The van der Waals surface area contributed by atoms with Crippen LogP contribution in [0.1, 0.15) is 45.4 Å². The van der Waals surface area contributed by atoms with Crippen molar-refractivity contribution in [3.8, 4) is 0 Å². The Bertz CT molecular complexity index is 227. The van der Waals surface area contributed by atoms with E-state index < -0.39 is 0 Å². The summed E-state index contributed by atoms with van der Waals surface area (Å²) in [5, 5.41) is 3.96. The summed E-state index contributed by atoms with van der Waals surface area (Å²) in [5.41, 5.74) is 5.54. The molecule has 0 bridgehead atoms. The lowest BCUT2D eigenvalue weighted by Crippen LogP contribution is -2.38. The zero-order chi connectivity index (χ0) is 12.7. The Morgan fingerprint density at radius 2 is 2.06 bits per heavy atom. The lowest BCUT2D eigenvalue weighted by Gasteiger charge is -2.28. The summed E-state index contributed by atoms with van der Waals surface area (Å²) < 4.78 is 0. The van der Waals surface area contributed by atoms with E-state index in [-0.39, 0.29) is 5.91 Å². The highest BCUT2D eigenvalue weighted by Crippen LogP contribution is 2.26. The summed E-state index contributed by atoms with van der Waals surface area (Å²) in [5.74, 6) is 0.658. The molecule has 0 aromatic carbocycles. The maximum Gasteiger partial charge on any atom is 0.220 e. The van der Waals surface area contributed by atoms with Crippen LogP contribution < -0.4 is 11.1 Å². The first-order chi connectivity index (χ1) is 8.15. The molecule has 1 amide bonds. The van der Waals surface area contributed by atoms with E-state index in [0.717, 1.165) is 24.5 Å². The standard InChI is InChI=1S/C13H26N2OS/c1-10(9-14)3-8-13(16)15-11-4-6-12(17-2)7-5-11/h10-12H,3-9,14H2,1-2H3,(H,15,16). The minimum Gasteiger partial charge on any atom is -0.353 e. The summed E-state index contributed by atoms with van der Waals surface area (Å²) in [6.45, 7) is 2.77. The fourth-order valence-corrected chi connectivity index (χ4v) is 2.98. The first-order valence-corrected chi connectivity index (χ1v) is 7.96. The van der Waals surface area contributed by atoms with Crippen LogP contribution in [0.15, 0.2) is 0 Å². The van der Waals surface area contributed by atoms with Gasteiger partial charge in [-0.1, -0.05) is 6.92 Å². The van der Waals surface area contributed by atoms with Crippen LogP contribution >= 0.6 is 11.8 Å². The number of hydrogen-bond donors (Lipinski definition) is 2. The van der Waals surface area contributed by atoms with Crippen molar-refractivity contribution in [3.63, 3.8) is 0 Å². The molecule has 1 aliphatic rings. The van der Waals surface area contributed by atoms with E-state index in [2.05, 4.69) is 18.5 Å². The molecule has 1 saturated carbocycles. The van der Waals surface area contributed by atoms with E-state index in [4.69, 9.17) is 5.73 Å². The first-order valence-electron chi connectivity index (χ1n) is 6.68. The van der Waals surface area contributed by atoms with Crippen LogP contribution in [0.4, 0.5) is 0 Å². The van der Waals surface area contributed by atoms with Gasteiger partial charge >= 0.3 is 0 Å². The second-order valence-corrected chi connectivity index (χ2v) is 6.29. The minimum atomic E-state index is 0.206. The quantitative estimate of drug-likeness (QED) is 0.767. The van der Waals surface area contributed by atoms with E-state index in [1.54, 1.807) is 0 Å². The van der Waals surface area contributed by atoms with Crippen LogP contribution in [0.25, 0.3) is 0 Å². The molecule has 0 aromatic heterocycles. The average Bonchev–Trinajstić information content (AvgIpc) is 2.36. The number of rotatable bonds is 6. The molecular formula is C13H26N2OS. The molecule has 4 heteroatoms. The zero-order valence-electron chi connectivity index (χ0n) is 11.1. The Hall–Kier alpha value is -0.220. The van der Waals surface area contributed by atoms with Crippen LogP contribution in [0.3, 0.4) is 0 Å². The second-order valence-electron chi connectivity index (χ2n) is 5.16. The molecule has 3 nitrogen and oxygen atoms in total. The Balaban J connectivity index is 2.15. The third-order valence-electron chi connectivity index (χ3n) is 3.64. The number of hydrogen-bond acceptors (Lipinski definition) is 3. The third kappa shape index (κ3) is 5.77. The highest BCUT2D eigenvalue weighted by Gasteiger charge is 2.21. The van der Waals surface area contributed by atoms with Gasteiger partial charge in [-0.25, -0.2) is 0 Å². The van der Waals surface area contributed by atoms with Gasteiger partial charge in [-0.3, -0.25) is 4.79 Å². The van der Waals surface area contributed by atoms with Crippen molar-refractivity contribution in [2.24, 2.45) is 11.7 Å². The summed E-state index contributed by atoms with van der Waals surface area (Å²) >= 11 is 1.96. The third-order valence-corrected chi connectivity index (χ3v) is 4.78. The number of nitrogens with two attached hydrogens (primary N) is 1. The molecule has 0 aliphatic heterocycles. The molecule has 1 rings (SSSR count). The predicted octanol–water partition coefficient (Wildman–Crippen LogP) is 2.15. The van der Waals surface area contributed by atoms with Crippen molar-refractivity contribution in [3.05, 3.63) is 0 Å². The van der Waals surface area contributed by atoms with Crippen molar-refractivity contribution in [2.45, 2.75) is 56.7 Å². The van der Waals surface area contributed by atoms with Crippen LogP contribution in [-0.2, 0) is 4.79 Å². The van der Waals surface area contributed by atoms with E-state index in [0.29, 0.717) is 24.9 Å². The van der Waals surface area contributed by atoms with E-state index in [1.165, 1.54) is 12.8 Å². The highest BCUT2D eigenvalue weighted by atomic mass is 32.2. The molecule has 1 unspecified atom stereocenters. The largest absolute Gasteiger partial charge is 0.353 e. The Labute approximate surface area is 109 Å². The minimum absolute atomic E-state index is 0.206. The van der Waals surface area contributed by atoms with Gasteiger partial charge in [0.05, 0.1) is 0 Å². The Morgan fingerprint density at radius 1 is 1.41 bits per heavy atom. The van der Waals surface area contributed by atoms with Crippen molar-refractivity contribution in [1.29, 1.82) is 0 Å². The van der Waals surface area contributed by atoms with E-state index in [1.807, 2.05) is 11.8 Å². The van der Waals surface area contributed by atoms with Crippen LogP contribution in [0, 0.1) is 5.92 Å². The van der Waals surface area contributed by atoms with E-state index >= 15 is 0 Å². The van der Waals surface area contributed by atoms with Crippen LogP contribution in [0.5, 0.6) is 0 Å². The number of carbonyl (C=O) groups excluding carboxylic acids is 1. The van der Waals surface area contributed by atoms with Crippen molar-refractivity contribution in [2.75, 3.05) is 12.8 Å². The topological polar surface area (TPSA) is 55.1 Å². The number of nitrogens with one attached hydrogen (secondary N) is 1. The monoisotopic (exact) mass is 258 g/mol. The zero-order valence-corrected chi connectivity index (χ0v) is 11.9. The summed E-state index contributed by atoms with van der Waals surface area (Å²) in [6.07, 6.45) is 8.48. The summed E-state index contributed by atoms with van der Waals surface area (Å²) in [7, 11) is 0. The first kappa shape index (κ1) is 14.8. The Kier molecular flexibility index (Phi) is 6.97. The molecule has 0 aromatic rings. The van der Waals surface area contributed by atoms with Gasteiger partial charge in [0.1, 0.15) is 0 Å². The molecule has 1 aliphatic carbocycles. The fraction of sp³-hybridized carbons (Fsp3) is 0.923. The molecule has 0 spiro atoms. The SMILES string of the molecule is CSC1CCC(NC(=O)CCC(C)CN)CC1. The number of carbonyl (C=O) groups is 1. The van der Waals surface area contributed by atoms with Crippen LogP contribution in [-0.4, -0.2) is 30.0 Å². The number of amides is 1. The maximum absolute atomic E-state index is 11.7. The summed E-state index contributed by atoms with van der Waals surface area (Å²) in [6, 6.07) is 0.416. The lowest BCUT2D eigenvalue weighted by molar-refractivity contribution is -0.122. The summed E-state index contributed by atoms with van der Waals surface area (Å²) in [4.78, 5) is 11.7. The van der Waals surface area contributed by atoms with Gasteiger partial charge in [0.2, 0.25) is 5.91 Å². The molecule has 100 valence electrons. The molecule has 17 heavy (non-hydrogen) atoms. The van der Waals surface area contributed by atoms with E-state index in [9.17, 15) is 4.79 Å². The van der Waals surface area contributed by atoms with Crippen molar-refractivity contribution in [1.82, 2.24) is 5.32 Å². The van der Waals surface area contributed by atoms with Gasteiger partial charge in [0, 0.05) is 17.7 Å². The molecule has 0 heterocycles. The van der Waals surface area contributed by atoms with Gasteiger partial charge in [-0.2, -0.15) is 11.8 Å². The highest BCUT2D eigenvalue weighted by molar-refractivity contribution is 7.99. The molecule has 1 fully saturated rings. The van der Waals surface area contributed by atoms with Gasteiger partial charge < -0.3 is 11.1 Å². The molecular weight excluding hydrogens is 232 g/mol. The average molecular weight is 258 g/mol. The Morgan fingerprint density at radius 3 is 2.59 bits per heavy atom. The molecule has 0 saturated heterocycles. The normalized spacial score (nSPS) is 26.5. The molecule has 3 N–H and O–H groups in total. The molecule has 1 atom stereocenters. The lowest BCUT2D eigenvalue weighted by atomic mass is 9.94. The fourth-order valence-electron chi connectivity index (χ4n) is 2.24. The van der Waals surface area contributed by atoms with Gasteiger partial charge in [0.25, 0.3) is 0 Å².